The van der Waals surface area contributed by atoms with Crippen LogP contribution in [0.3, 0.4) is 0 Å². The number of hydrogen-bond acceptors (Lipinski definition) is 2. The average Bonchev–Trinajstić information content (AvgIpc) is 2.70. The standard InChI is InChI=1S/C14H16BrFN2O/c1-3-6-18-13(11(15)8-17-18)14(19)10-5-4-9(2)7-12(10)16/h4-5,7-8,14,19H,3,6H2,1-2H3. The topological polar surface area (TPSA) is 38.0 Å². The van der Waals surface area contributed by atoms with Gasteiger partial charge in [0, 0.05) is 12.1 Å². The molecule has 2 aromatic rings. The number of halogens is 2. The third-order valence-corrected chi connectivity index (χ3v) is 3.59. The Hall–Kier alpha value is -1.20. The summed E-state index contributed by atoms with van der Waals surface area (Å²) in [4.78, 5) is 0. The maximum atomic E-state index is 13.9. The van der Waals surface area contributed by atoms with Crippen molar-refractivity contribution in [3.8, 4) is 0 Å². The highest BCUT2D eigenvalue weighted by atomic mass is 79.9. The maximum absolute atomic E-state index is 13.9. The van der Waals surface area contributed by atoms with E-state index in [-0.39, 0.29) is 5.56 Å². The van der Waals surface area contributed by atoms with E-state index in [2.05, 4.69) is 21.0 Å². The predicted octanol–water partition coefficient (Wildman–Crippen LogP) is 3.58. The van der Waals surface area contributed by atoms with Crippen LogP contribution in [0.25, 0.3) is 0 Å². The van der Waals surface area contributed by atoms with Crippen molar-refractivity contribution in [2.24, 2.45) is 0 Å². The number of rotatable bonds is 4. The predicted molar refractivity (Wildman–Crippen MR) is 75.4 cm³/mol. The van der Waals surface area contributed by atoms with E-state index in [4.69, 9.17) is 0 Å². The molecule has 1 unspecified atom stereocenters. The summed E-state index contributed by atoms with van der Waals surface area (Å²) in [6.07, 6.45) is 1.49. The highest BCUT2D eigenvalue weighted by Crippen LogP contribution is 2.30. The Balaban J connectivity index is 2.43. The fourth-order valence-electron chi connectivity index (χ4n) is 2.03. The Kier molecular flexibility index (Phi) is 4.37. The number of aryl methyl sites for hydroxylation is 2. The van der Waals surface area contributed by atoms with Gasteiger partial charge in [0.1, 0.15) is 11.9 Å². The smallest absolute Gasteiger partial charge is 0.129 e. The van der Waals surface area contributed by atoms with Crippen LogP contribution in [0.15, 0.2) is 28.9 Å². The van der Waals surface area contributed by atoms with Crippen LogP contribution < -0.4 is 0 Å². The minimum Gasteiger partial charge on any atom is -0.382 e. The summed E-state index contributed by atoms with van der Waals surface area (Å²) in [6.45, 7) is 4.53. The van der Waals surface area contributed by atoms with Gasteiger partial charge >= 0.3 is 0 Å². The molecule has 0 amide bonds. The van der Waals surface area contributed by atoms with Crippen molar-refractivity contribution in [1.82, 2.24) is 9.78 Å². The summed E-state index contributed by atoms with van der Waals surface area (Å²) < 4.78 is 16.3. The minimum atomic E-state index is -1.02. The van der Waals surface area contributed by atoms with Gasteiger partial charge in [0.25, 0.3) is 0 Å². The number of aliphatic hydroxyl groups excluding tert-OH is 1. The summed E-state index contributed by atoms with van der Waals surface area (Å²) >= 11 is 3.36. The fraction of sp³-hybridized carbons (Fsp3) is 0.357. The van der Waals surface area contributed by atoms with Crippen LogP contribution in [0, 0.1) is 12.7 Å². The summed E-state index contributed by atoms with van der Waals surface area (Å²) in [5, 5.41) is 14.6. The van der Waals surface area contributed by atoms with Crippen LogP contribution in [0.1, 0.15) is 36.3 Å². The van der Waals surface area contributed by atoms with Crippen molar-refractivity contribution in [2.75, 3.05) is 0 Å². The average molecular weight is 327 g/mol. The first-order valence-electron chi connectivity index (χ1n) is 6.20. The van der Waals surface area contributed by atoms with Gasteiger partial charge in [-0.2, -0.15) is 5.10 Å². The zero-order valence-corrected chi connectivity index (χ0v) is 12.5. The van der Waals surface area contributed by atoms with Gasteiger partial charge in [0.2, 0.25) is 0 Å². The lowest BCUT2D eigenvalue weighted by molar-refractivity contribution is 0.201. The van der Waals surface area contributed by atoms with E-state index < -0.39 is 11.9 Å². The number of hydrogen-bond donors (Lipinski definition) is 1. The minimum absolute atomic E-state index is 0.268. The number of nitrogens with zero attached hydrogens (tertiary/aromatic N) is 2. The largest absolute Gasteiger partial charge is 0.382 e. The monoisotopic (exact) mass is 326 g/mol. The Morgan fingerprint density at radius 3 is 2.84 bits per heavy atom. The van der Waals surface area contributed by atoms with E-state index in [1.54, 1.807) is 23.0 Å². The Morgan fingerprint density at radius 2 is 2.21 bits per heavy atom. The molecule has 0 fully saturated rings. The zero-order chi connectivity index (χ0) is 14.0. The molecule has 1 aromatic heterocycles. The normalized spacial score (nSPS) is 12.7. The molecule has 0 saturated heterocycles. The van der Waals surface area contributed by atoms with E-state index in [9.17, 15) is 9.50 Å². The molecule has 19 heavy (non-hydrogen) atoms. The van der Waals surface area contributed by atoms with Crippen LogP contribution in [-0.2, 0) is 6.54 Å². The molecule has 0 bridgehead atoms. The van der Waals surface area contributed by atoms with Crippen molar-refractivity contribution in [3.63, 3.8) is 0 Å². The second-order valence-electron chi connectivity index (χ2n) is 4.53. The highest BCUT2D eigenvalue weighted by Gasteiger charge is 2.22. The summed E-state index contributed by atoms with van der Waals surface area (Å²) in [5.74, 6) is -0.399. The third kappa shape index (κ3) is 2.87. The molecule has 1 N–H and O–H groups in total. The first-order chi connectivity index (χ1) is 9.04. The molecule has 0 aliphatic rings. The second-order valence-corrected chi connectivity index (χ2v) is 5.38. The van der Waals surface area contributed by atoms with Crippen molar-refractivity contribution in [3.05, 3.63) is 51.5 Å². The van der Waals surface area contributed by atoms with Gasteiger partial charge in [-0.1, -0.05) is 19.1 Å². The van der Waals surface area contributed by atoms with Gasteiger partial charge in [-0.05, 0) is 40.9 Å². The number of aliphatic hydroxyl groups is 1. The molecule has 1 heterocycles. The lowest BCUT2D eigenvalue weighted by Crippen LogP contribution is -2.12. The molecule has 2 rings (SSSR count). The van der Waals surface area contributed by atoms with Crippen LogP contribution in [0.4, 0.5) is 4.39 Å². The Morgan fingerprint density at radius 1 is 1.47 bits per heavy atom. The maximum Gasteiger partial charge on any atom is 0.129 e. The van der Waals surface area contributed by atoms with Crippen molar-refractivity contribution >= 4 is 15.9 Å². The van der Waals surface area contributed by atoms with Crippen LogP contribution in [0.5, 0.6) is 0 Å². The van der Waals surface area contributed by atoms with E-state index in [0.717, 1.165) is 12.0 Å². The van der Waals surface area contributed by atoms with Crippen LogP contribution in [-0.4, -0.2) is 14.9 Å². The van der Waals surface area contributed by atoms with E-state index in [1.807, 2.05) is 13.8 Å². The van der Waals surface area contributed by atoms with Gasteiger partial charge in [-0.25, -0.2) is 4.39 Å². The van der Waals surface area contributed by atoms with Gasteiger partial charge in [0.15, 0.2) is 0 Å². The molecular formula is C14H16BrFN2O. The van der Waals surface area contributed by atoms with Crippen molar-refractivity contribution < 1.29 is 9.50 Å². The molecule has 5 heteroatoms. The number of aromatic nitrogens is 2. The first-order valence-corrected chi connectivity index (χ1v) is 6.99. The molecule has 1 aromatic carbocycles. The molecule has 0 aliphatic heterocycles. The van der Waals surface area contributed by atoms with Crippen molar-refractivity contribution in [1.29, 1.82) is 0 Å². The molecule has 0 spiro atoms. The Labute approximate surface area is 120 Å². The van der Waals surface area contributed by atoms with Gasteiger partial charge in [0.05, 0.1) is 16.4 Å². The summed E-state index contributed by atoms with van der Waals surface area (Å²) in [5.41, 5.74) is 1.68. The van der Waals surface area contributed by atoms with Crippen LogP contribution >= 0.6 is 15.9 Å². The number of benzene rings is 1. The van der Waals surface area contributed by atoms with Gasteiger partial charge < -0.3 is 5.11 Å². The Bertz CT molecular complexity index is 583. The lowest BCUT2D eigenvalue weighted by atomic mass is 10.0. The summed E-state index contributed by atoms with van der Waals surface area (Å²) in [6, 6.07) is 4.83. The molecule has 1 atom stereocenters. The molecule has 0 saturated carbocycles. The second kappa shape index (κ2) is 5.84. The van der Waals surface area contributed by atoms with Crippen LogP contribution in [0.2, 0.25) is 0 Å². The molecule has 102 valence electrons. The SMILES string of the molecule is CCCn1ncc(Br)c1C(O)c1ccc(C)cc1F. The molecule has 0 aliphatic carbocycles. The fourth-order valence-corrected chi connectivity index (χ4v) is 2.55. The third-order valence-electron chi connectivity index (χ3n) is 2.98. The zero-order valence-electron chi connectivity index (χ0n) is 10.9. The molecule has 3 nitrogen and oxygen atoms in total. The molecular weight excluding hydrogens is 311 g/mol. The van der Waals surface area contributed by atoms with E-state index in [1.165, 1.54) is 6.07 Å². The molecule has 0 radical (unpaired) electrons. The van der Waals surface area contributed by atoms with E-state index >= 15 is 0 Å². The first kappa shape index (κ1) is 14.2. The van der Waals surface area contributed by atoms with Gasteiger partial charge in [-0.15, -0.1) is 0 Å². The lowest BCUT2D eigenvalue weighted by Gasteiger charge is -2.15. The van der Waals surface area contributed by atoms with E-state index in [0.29, 0.717) is 16.7 Å². The quantitative estimate of drug-likeness (QED) is 0.932. The van der Waals surface area contributed by atoms with Crippen molar-refractivity contribution in [2.45, 2.75) is 32.9 Å². The summed E-state index contributed by atoms with van der Waals surface area (Å²) in [7, 11) is 0. The highest BCUT2D eigenvalue weighted by molar-refractivity contribution is 9.10. The van der Waals surface area contributed by atoms with Gasteiger partial charge in [-0.3, -0.25) is 4.68 Å².